The van der Waals surface area contributed by atoms with Gasteiger partial charge in [-0.05, 0) is 56.0 Å². The molecule has 10 heteroatoms. The van der Waals surface area contributed by atoms with Crippen molar-refractivity contribution in [2.45, 2.75) is 38.0 Å². The third kappa shape index (κ3) is 6.27. The molecule has 1 saturated heterocycles. The first kappa shape index (κ1) is 25.5. The van der Waals surface area contributed by atoms with Gasteiger partial charge < -0.3 is 19.5 Å². The van der Waals surface area contributed by atoms with Crippen LogP contribution in [0.4, 0.5) is 5.69 Å². The Morgan fingerprint density at radius 1 is 1.00 bits per heavy atom. The van der Waals surface area contributed by atoms with Gasteiger partial charge in [0.05, 0.1) is 17.7 Å². The maximum atomic E-state index is 13.0. The maximum Gasteiger partial charge on any atom is 0.344 e. The smallest absolute Gasteiger partial charge is 0.344 e. The second-order valence-corrected chi connectivity index (χ2v) is 9.98. The van der Waals surface area contributed by atoms with E-state index in [1.165, 1.54) is 29.6 Å². The minimum atomic E-state index is -3.69. The van der Waals surface area contributed by atoms with Crippen LogP contribution in [0.15, 0.2) is 41.3 Å². The van der Waals surface area contributed by atoms with Gasteiger partial charge in [0.25, 0.3) is 5.91 Å². The summed E-state index contributed by atoms with van der Waals surface area (Å²) in [5.74, 6) is -0.451. The van der Waals surface area contributed by atoms with E-state index in [2.05, 4.69) is 5.32 Å². The molecule has 1 aliphatic rings. The summed E-state index contributed by atoms with van der Waals surface area (Å²) < 4.78 is 43.2. The Labute approximate surface area is 200 Å². The molecular formula is C24H30N2O7S. The van der Waals surface area contributed by atoms with E-state index in [1.54, 1.807) is 0 Å². The van der Waals surface area contributed by atoms with E-state index in [0.29, 0.717) is 18.8 Å². The molecule has 1 N–H and O–H groups in total. The Balaban J connectivity index is 1.60. The van der Waals surface area contributed by atoms with Crippen LogP contribution >= 0.6 is 0 Å². The molecule has 0 aromatic heterocycles. The Morgan fingerprint density at radius 3 is 2.32 bits per heavy atom. The molecule has 3 rings (SSSR count). The maximum absolute atomic E-state index is 13.0. The van der Waals surface area contributed by atoms with Gasteiger partial charge in [-0.25, -0.2) is 13.2 Å². The van der Waals surface area contributed by atoms with Crippen LogP contribution in [0.1, 0.15) is 30.4 Å². The van der Waals surface area contributed by atoms with Gasteiger partial charge in [0, 0.05) is 13.1 Å². The predicted molar refractivity (Wildman–Crippen MR) is 127 cm³/mol. The van der Waals surface area contributed by atoms with E-state index in [1.807, 2.05) is 32.0 Å². The van der Waals surface area contributed by atoms with Crippen molar-refractivity contribution in [3.63, 3.8) is 0 Å². The van der Waals surface area contributed by atoms with E-state index < -0.39 is 28.5 Å². The number of rotatable bonds is 9. The fourth-order valence-electron chi connectivity index (χ4n) is 3.73. The average Bonchev–Trinajstić information content (AvgIpc) is 2.83. The van der Waals surface area contributed by atoms with Crippen molar-refractivity contribution in [3.05, 3.63) is 47.5 Å². The highest BCUT2D eigenvalue weighted by atomic mass is 32.2. The minimum Gasteiger partial charge on any atom is -0.495 e. The first-order valence-corrected chi connectivity index (χ1v) is 12.5. The molecular weight excluding hydrogens is 460 g/mol. The predicted octanol–water partition coefficient (Wildman–Crippen LogP) is 3.05. The number of sulfonamides is 1. The number of piperidine rings is 1. The van der Waals surface area contributed by atoms with Gasteiger partial charge >= 0.3 is 5.97 Å². The number of amides is 1. The number of esters is 1. The molecule has 0 spiro atoms. The largest absolute Gasteiger partial charge is 0.495 e. The molecule has 0 aliphatic carbocycles. The molecule has 1 aliphatic heterocycles. The Hall–Kier alpha value is -3.11. The highest BCUT2D eigenvalue weighted by Gasteiger charge is 2.27. The Kier molecular flexibility index (Phi) is 8.51. The van der Waals surface area contributed by atoms with E-state index >= 15 is 0 Å². The van der Waals surface area contributed by atoms with Crippen molar-refractivity contribution >= 4 is 27.6 Å². The third-order valence-electron chi connectivity index (χ3n) is 5.51. The van der Waals surface area contributed by atoms with E-state index in [4.69, 9.17) is 14.2 Å². The van der Waals surface area contributed by atoms with Crippen LogP contribution in [0, 0.1) is 13.8 Å². The van der Waals surface area contributed by atoms with Crippen molar-refractivity contribution in [1.82, 2.24) is 4.31 Å². The van der Waals surface area contributed by atoms with Crippen LogP contribution in [0.25, 0.3) is 0 Å². The van der Waals surface area contributed by atoms with E-state index in [9.17, 15) is 18.0 Å². The number of hydrogen-bond acceptors (Lipinski definition) is 7. The molecule has 9 nitrogen and oxygen atoms in total. The van der Waals surface area contributed by atoms with Crippen LogP contribution in [0.5, 0.6) is 11.5 Å². The van der Waals surface area contributed by atoms with Crippen molar-refractivity contribution in [2.24, 2.45) is 0 Å². The number of hydrogen-bond donors (Lipinski definition) is 1. The van der Waals surface area contributed by atoms with Crippen molar-refractivity contribution in [3.8, 4) is 11.5 Å². The number of para-hydroxylation sites is 1. The second kappa shape index (κ2) is 11.3. The lowest BCUT2D eigenvalue weighted by Gasteiger charge is -2.26. The zero-order chi connectivity index (χ0) is 24.7. The molecule has 1 amide bonds. The SMILES string of the molecule is COc1ccc(S(=O)(=O)N2CCCCC2)cc1NC(=O)COC(=O)COc1c(C)cccc1C. The third-order valence-corrected chi connectivity index (χ3v) is 7.40. The highest BCUT2D eigenvalue weighted by molar-refractivity contribution is 7.89. The lowest BCUT2D eigenvalue weighted by atomic mass is 10.1. The summed E-state index contributed by atoms with van der Waals surface area (Å²) in [6.45, 7) is 3.78. The number of ether oxygens (including phenoxy) is 3. The highest BCUT2D eigenvalue weighted by Crippen LogP contribution is 2.30. The van der Waals surface area contributed by atoms with Crippen LogP contribution in [-0.2, 0) is 24.3 Å². The van der Waals surface area contributed by atoms with Crippen molar-refractivity contribution < 1.29 is 32.2 Å². The molecule has 0 saturated carbocycles. The standard InChI is InChI=1S/C24H30N2O7S/c1-17-8-7-9-18(2)24(17)33-16-23(28)32-15-22(27)25-20-14-19(10-11-21(20)31-3)34(29,30)26-12-5-4-6-13-26/h7-11,14H,4-6,12-13,15-16H2,1-3H3,(H,25,27). The molecule has 2 aromatic rings. The molecule has 0 radical (unpaired) electrons. The van der Waals surface area contributed by atoms with Gasteiger partial charge in [0.15, 0.2) is 13.2 Å². The van der Waals surface area contributed by atoms with Gasteiger partial charge in [-0.1, -0.05) is 24.6 Å². The van der Waals surface area contributed by atoms with E-state index in [-0.39, 0.29) is 22.9 Å². The molecule has 0 atom stereocenters. The number of nitrogens with zero attached hydrogens (tertiary/aromatic N) is 1. The first-order valence-electron chi connectivity index (χ1n) is 11.0. The van der Waals surface area contributed by atoms with Crippen LogP contribution in [0.3, 0.4) is 0 Å². The summed E-state index contributed by atoms with van der Waals surface area (Å²) in [4.78, 5) is 24.5. The van der Waals surface area contributed by atoms with Gasteiger partial charge in [-0.15, -0.1) is 0 Å². The van der Waals surface area contributed by atoms with Crippen LogP contribution in [-0.4, -0.2) is 58.0 Å². The second-order valence-electron chi connectivity index (χ2n) is 8.05. The van der Waals surface area contributed by atoms with Crippen LogP contribution < -0.4 is 14.8 Å². The van der Waals surface area contributed by atoms with E-state index in [0.717, 1.165) is 30.4 Å². The zero-order valence-electron chi connectivity index (χ0n) is 19.6. The average molecular weight is 491 g/mol. The lowest BCUT2D eigenvalue weighted by Crippen LogP contribution is -2.35. The molecule has 0 bridgehead atoms. The normalized spacial score (nSPS) is 14.3. The molecule has 1 heterocycles. The Bertz CT molecular complexity index is 1120. The number of methoxy groups -OCH3 is 1. The monoisotopic (exact) mass is 490 g/mol. The zero-order valence-corrected chi connectivity index (χ0v) is 20.4. The minimum absolute atomic E-state index is 0.0597. The molecule has 0 unspecified atom stereocenters. The van der Waals surface area contributed by atoms with Crippen molar-refractivity contribution in [2.75, 3.05) is 38.7 Å². The molecule has 184 valence electrons. The summed E-state index contributed by atoms with van der Waals surface area (Å²) in [5, 5.41) is 2.56. The lowest BCUT2D eigenvalue weighted by molar-refractivity contribution is -0.149. The molecule has 34 heavy (non-hydrogen) atoms. The summed E-state index contributed by atoms with van der Waals surface area (Å²) in [7, 11) is -2.28. The molecule has 1 fully saturated rings. The first-order chi connectivity index (χ1) is 16.2. The number of nitrogens with one attached hydrogen (secondary N) is 1. The quantitative estimate of drug-likeness (QED) is 0.538. The number of aryl methyl sites for hydroxylation is 2. The van der Waals surface area contributed by atoms with Gasteiger partial charge in [-0.2, -0.15) is 4.31 Å². The molecule has 2 aromatic carbocycles. The summed E-state index contributed by atoms with van der Waals surface area (Å²) >= 11 is 0. The topological polar surface area (TPSA) is 111 Å². The number of carbonyl (C=O) groups excluding carboxylic acids is 2. The van der Waals surface area contributed by atoms with Crippen LogP contribution in [0.2, 0.25) is 0 Å². The van der Waals surface area contributed by atoms with Gasteiger partial charge in [0.1, 0.15) is 11.5 Å². The Morgan fingerprint density at radius 2 is 1.68 bits per heavy atom. The fourth-order valence-corrected chi connectivity index (χ4v) is 5.28. The van der Waals surface area contributed by atoms with Gasteiger partial charge in [-0.3, -0.25) is 4.79 Å². The number of carbonyl (C=O) groups is 2. The van der Waals surface area contributed by atoms with Crippen molar-refractivity contribution in [1.29, 1.82) is 0 Å². The summed E-state index contributed by atoms with van der Waals surface area (Å²) in [6.07, 6.45) is 2.64. The van der Waals surface area contributed by atoms with Gasteiger partial charge in [0.2, 0.25) is 10.0 Å². The summed E-state index contributed by atoms with van der Waals surface area (Å²) in [5.41, 5.74) is 1.95. The summed E-state index contributed by atoms with van der Waals surface area (Å²) in [6, 6.07) is 9.91. The number of benzene rings is 2. The fraction of sp³-hybridized carbons (Fsp3) is 0.417. The number of anilines is 1.